The van der Waals surface area contributed by atoms with Gasteiger partial charge in [-0.1, -0.05) is 26.0 Å². The number of esters is 5. The van der Waals surface area contributed by atoms with Crippen molar-refractivity contribution in [2.75, 3.05) is 0 Å². The largest absolute Gasteiger partial charge is 0.459 e. The standard InChI is InChI=1S/C30H42O14/c1-9-10-20(35)44-22-21(40-15(3)31)14(2)13-19-30(39,29(8,38)26(36)43-19)25(42-17(5)33)23-27(6,24(22)41-16(4)32)12-11-18(34)28(23,7)37/h11-13,18-19,21-25,34,37-39H,9-10H2,1-8H3/b14-13-/t18-,19+,21?,22-,23-,24+,25?,27+,28-,29-,30+/m1/s1. The van der Waals surface area contributed by atoms with Gasteiger partial charge in [0.2, 0.25) is 0 Å². The van der Waals surface area contributed by atoms with Crippen molar-refractivity contribution in [2.45, 2.75) is 122 Å². The van der Waals surface area contributed by atoms with Crippen molar-refractivity contribution in [1.82, 2.24) is 0 Å². The molecule has 0 aromatic carbocycles. The lowest BCUT2D eigenvalue weighted by Gasteiger charge is -2.57. The number of ether oxygens (including phenoxy) is 5. The fourth-order valence-electron chi connectivity index (χ4n) is 6.62. The van der Waals surface area contributed by atoms with E-state index in [2.05, 4.69) is 0 Å². The first-order chi connectivity index (χ1) is 20.2. The Morgan fingerprint density at radius 2 is 1.45 bits per heavy atom. The Hall–Kier alpha value is -3.33. The quantitative estimate of drug-likeness (QED) is 0.176. The molecule has 3 aliphatic rings. The molecule has 0 bridgehead atoms. The molecule has 1 fully saturated rings. The van der Waals surface area contributed by atoms with Gasteiger partial charge in [0.1, 0.15) is 12.2 Å². The summed E-state index contributed by atoms with van der Waals surface area (Å²) in [6, 6.07) is 0. The van der Waals surface area contributed by atoms with Gasteiger partial charge in [0, 0.05) is 38.5 Å². The van der Waals surface area contributed by atoms with Gasteiger partial charge in [-0.05, 0) is 38.8 Å². The van der Waals surface area contributed by atoms with Crippen molar-refractivity contribution >= 4 is 29.8 Å². The fourth-order valence-corrected chi connectivity index (χ4v) is 6.62. The van der Waals surface area contributed by atoms with Crippen LogP contribution in [0.15, 0.2) is 23.8 Å². The van der Waals surface area contributed by atoms with Crippen LogP contribution in [-0.2, 0) is 47.7 Å². The minimum atomic E-state index is -2.86. The fraction of sp³-hybridized carbons (Fsp3) is 0.700. The first-order valence-electron chi connectivity index (χ1n) is 14.3. The van der Waals surface area contributed by atoms with Crippen LogP contribution >= 0.6 is 0 Å². The van der Waals surface area contributed by atoms with Crippen LogP contribution in [0.5, 0.6) is 0 Å². The highest BCUT2D eigenvalue weighted by Gasteiger charge is 2.75. The van der Waals surface area contributed by atoms with E-state index >= 15 is 0 Å². The third-order valence-corrected chi connectivity index (χ3v) is 8.79. The van der Waals surface area contributed by atoms with Gasteiger partial charge in [-0.2, -0.15) is 0 Å². The monoisotopic (exact) mass is 626 g/mol. The van der Waals surface area contributed by atoms with Gasteiger partial charge in [-0.15, -0.1) is 0 Å². The average molecular weight is 627 g/mol. The van der Waals surface area contributed by atoms with Gasteiger partial charge in [0.25, 0.3) is 0 Å². The molecule has 0 aromatic rings. The highest BCUT2D eigenvalue weighted by molar-refractivity contribution is 5.84. The second kappa shape index (κ2) is 12.2. The molecule has 2 aliphatic carbocycles. The molecule has 14 heteroatoms. The van der Waals surface area contributed by atoms with Gasteiger partial charge >= 0.3 is 29.8 Å². The average Bonchev–Trinajstić information content (AvgIpc) is 3.05. The summed E-state index contributed by atoms with van der Waals surface area (Å²) in [5.41, 5.74) is -9.81. The van der Waals surface area contributed by atoms with Crippen molar-refractivity contribution in [3.05, 3.63) is 23.8 Å². The maximum absolute atomic E-state index is 13.1. The molecule has 2 unspecified atom stereocenters. The lowest BCUT2D eigenvalue weighted by Crippen LogP contribution is -2.74. The zero-order valence-corrected chi connectivity index (χ0v) is 26.1. The molecule has 44 heavy (non-hydrogen) atoms. The molecular weight excluding hydrogens is 584 g/mol. The summed E-state index contributed by atoms with van der Waals surface area (Å²) in [6.45, 7) is 9.76. The number of fused-ring (bicyclic) bond motifs is 2. The van der Waals surface area contributed by atoms with E-state index in [4.69, 9.17) is 23.7 Å². The van der Waals surface area contributed by atoms with Crippen LogP contribution in [0.2, 0.25) is 0 Å². The van der Waals surface area contributed by atoms with E-state index < -0.39 is 94.6 Å². The Morgan fingerprint density at radius 3 is 1.98 bits per heavy atom. The van der Waals surface area contributed by atoms with E-state index in [9.17, 15) is 44.4 Å². The highest BCUT2D eigenvalue weighted by atomic mass is 16.6. The first kappa shape index (κ1) is 35.2. The molecular formula is C30H42O14. The maximum Gasteiger partial charge on any atom is 0.341 e. The van der Waals surface area contributed by atoms with Crippen molar-refractivity contribution in [3.63, 3.8) is 0 Å². The molecule has 4 N–H and O–H groups in total. The Morgan fingerprint density at radius 1 is 0.909 bits per heavy atom. The van der Waals surface area contributed by atoms with Crippen molar-refractivity contribution in [1.29, 1.82) is 0 Å². The lowest BCUT2D eigenvalue weighted by atomic mass is 9.53. The zero-order valence-electron chi connectivity index (χ0n) is 26.1. The van der Waals surface area contributed by atoms with Gasteiger partial charge in [0.05, 0.1) is 5.60 Å². The molecule has 246 valence electrons. The van der Waals surface area contributed by atoms with Crippen LogP contribution in [0.3, 0.4) is 0 Å². The second-order valence-electron chi connectivity index (χ2n) is 12.3. The minimum Gasteiger partial charge on any atom is -0.459 e. The summed E-state index contributed by atoms with van der Waals surface area (Å²) in [4.78, 5) is 63.8. The van der Waals surface area contributed by atoms with Gasteiger partial charge < -0.3 is 44.1 Å². The molecule has 1 aliphatic heterocycles. The minimum absolute atomic E-state index is 0.0378. The number of hydrogen-bond acceptors (Lipinski definition) is 14. The first-order valence-corrected chi connectivity index (χ1v) is 14.3. The topological polar surface area (TPSA) is 212 Å². The Labute approximate surface area is 254 Å². The van der Waals surface area contributed by atoms with E-state index in [1.54, 1.807) is 6.92 Å². The summed E-state index contributed by atoms with van der Waals surface area (Å²) in [6.07, 6.45) is -6.44. The molecule has 0 saturated carbocycles. The molecule has 0 amide bonds. The van der Waals surface area contributed by atoms with Crippen molar-refractivity contribution < 1.29 is 68.1 Å². The van der Waals surface area contributed by atoms with E-state index in [0.717, 1.165) is 40.7 Å². The van der Waals surface area contributed by atoms with Crippen LogP contribution in [0.25, 0.3) is 0 Å². The molecule has 0 spiro atoms. The van der Waals surface area contributed by atoms with Gasteiger partial charge in [-0.25, -0.2) is 4.79 Å². The molecule has 14 nitrogen and oxygen atoms in total. The Balaban J connectivity index is 2.56. The third-order valence-electron chi connectivity index (χ3n) is 8.79. The van der Waals surface area contributed by atoms with E-state index in [-0.39, 0.29) is 12.0 Å². The molecule has 1 saturated heterocycles. The molecule has 0 radical (unpaired) electrons. The number of rotatable bonds is 6. The highest BCUT2D eigenvalue weighted by Crippen LogP contribution is 2.56. The van der Waals surface area contributed by atoms with Crippen LogP contribution in [-0.4, -0.2) is 104 Å². The normalized spacial score (nSPS) is 42.9. The van der Waals surface area contributed by atoms with E-state index in [1.807, 2.05) is 0 Å². The summed E-state index contributed by atoms with van der Waals surface area (Å²) in [5, 5.41) is 46.8. The summed E-state index contributed by atoms with van der Waals surface area (Å²) in [5.74, 6) is -6.54. The van der Waals surface area contributed by atoms with Crippen LogP contribution in [0.4, 0.5) is 0 Å². The van der Waals surface area contributed by atoms with Gasteiger partial charge in [-0.3, -0.25) is 19.2 Å². The van der Waals surface area contributed by atoms with Gasteiger partial charge in [0.15, 0.2) is 35.6 Å². The predicted octanol–water partition coefficient (Wildman–Crippen LogP) is 0.165. The van der Waals surface area contributed by atoms with Crippen LogP contribution in [0.1, 0.15) is 68.2 Å². The van der Waals surface area contributed by atoms with E-state index in [1.165, 1.54) is 26.0 Å². The number of carbonyl (C=O) groups excluding carboxylic acids is 5. The SMILES string of the molecule is CCCC(=O)O[C@@H]1C(OC(C)=O)/C(C)=C\[C@@H]2OC(=O)[C@@](C)(O)[C@@]2(O)C(OC(C)=O)[C@H]2[C@](C)(O)[C@H](O)C=C[C@]2(C)[C@H]1OC(C)=O. The summed E-state index contributed by atoms with van der Waals surface area (Å²) < 4.78 is 28.3. The summed E-state index contributed by atoms with van der Waals surface area (Å²) >= 11 is 0. The molecule has 3 rings (SSSR count). The molecule has 1 heterocycles. The lowest BCUT2D eigenvalue weighted by molar-refractivity contribution is -0.264. The third kappa shape index (κ3) is 5.87. The number of hydrogen-bond donors (Lipinski definition) is 4. The maximum atomic E-state index is 13.1. The zero-order chi connectivity index (χ0) is 33.6. The van der Waals surface area contributed by atoms with Crippen LogP contribution in [0, 0.1) is 11.3 Å². The van der Waals surface area contributed by atoms with Crippen molar-refractivity contribution in [2.24, 2.45) is 11.3 Å². The second-order valence-corrected chi connectivity index (χ2v) is 12.3. The Bertz CT molecular complexity index is 1250. The van der Waals surface area contributed by atoms with Crippen molar-refractivity contribution in [3.8, 4) is 0 Å². The van der Waals surface area contributed by atoms with Crippen LogP contribution < -0.4 is 0 Å². The van der Waals surface area contributed by atoms with E-state index in [0.29, 0.717) is 6.42 Å². The summed E-state index contributed by atoms with van der Waals surface area (Å²) in [7, 11) is 0. The number of aliphatic hydroxyl groups is 4. The smallest absolute Gasteiger partial charge is 0.341 e. The predicted molar refractivity (Wildman–Crippen MR) is 148 cm³/mol. The number of aliphatic hydroxyl groups excluding tert-OH is 1. The number of carbonyl (C=O) groups is 5. The molecule has 0 aromatic heterocycles. The Kier molecular flexibility index (Phi) is 9.76. The molecule has 11 atom stereocenters.